The first-order valence-electron chi connectivity index (χ1n) is 8.36. The molecule has 3 fully saturated rings. The molecule has 1 saturated carbocycles. The molecule has 3 aliphatic rings. The third kappa shape index (κ3) is 2.60. The molecule has 0 bridgehead atoms. The number of carbonyl (C=O) groups excluding carboxylic acids is 2. The lowest BCUT2D eigenvalue weighted by Crippen LogP contribution is -2.40. The van der Waals surface area contributed by atoms with Crippen LogP contribution in [0.3, 0.4) is 0 Å². The summed E-state index contributed by atoms with van der Waals surface area (Å²) in [5.74, 6) is -0.614. The van der Waals surface area contributed by atoms with Gasteiger partial charge in [0.25, 0.3) is 5.91 Å². The molecular formula is C16H25N3O4. The molecule has 0 spiro atoms. The number of amides is 3. The van der Waals surface area contributed by atoms with Crippen molar-refractivity contribution in [3.05, 3.63) is 0 Å². The molecule has 0 aromatic heterocycles. The van der Waals surface area contributed by atoms with Crippen molar-refractivity contribution in [3.63, 3.8) is 0 Å². The van der Waals surface area contributed by atoms with E-state index in [0.717, 1.165) is 32.4 Å². The standard InChI is InChI=1S/C16H25N3O4/c1-15(2)12(20)19(14(23)17-15)8-4-7-18-9-11-5-3-6-16(11,10-18)13(21)22/h11H,3-10H2,1-2H3,(H,17,23)(H,21,22)/t11-,16+/m0/s1. The van der Waals surface area contributed by atoms with Gasteiger partial charge in [0.1, 0.15) is 5.54 Å². The molecule has 2 N–H and O–H groups in total. The number of carboxylic acid groups (broad SMARTS) is 1. The summed E-state index contributed by atoms with van der Waals surface area (Å²) in [7, 11) is 0. The first-order valence-corrected chi connectivity index (χ1v) is 8.36. The fraction of sp³-hybridized carbons (Fsp3) is 0.812. The summed E-state index contributed by atoms with van der Waals surface area (Å²) in [5, 5.41) is 12.3. The molecule has 1 aliphatic carbocycles. The van der Waals surface area contributed by atoms with Gasteiger partial charge < -0.3 is 15.3 Å². The molecule has 2 aliphatic heterocycles. The van der Waals surface area contributed by atoms with Crippen molar-refractivity contribution in [3.8, 4) is 0 Å². The molecule has 3 amide bonds. The van der Waals surface area contributed by atoms with E-state index in [-0.39, 0.29) is 17.9 Å². The van der Waals surface area contributed by atoms with Crippen molar-refractivity contribution >= 4 is 17.9 Å². The van der Waals surface area contributed by atoms with Gasteiger partial charge in [-0.15, -0.1) is 0 Å². The van der Waals surface area contributed by atoms with Crippen LogP contribution < -0.4 is 5.32 Å². The van der Waals surface area contributed by atoms with E-state index in [1.54, 1.807) is 13.8 Å². The van der Waals surface area contributed by atoms with Crippen molar-refractivity contribution in [1.82, 2.24) is 15.1 Å². The predicted octanol–water partition coefficient (Wildman–Crippen LogP) is 0.894. The SMILES string of the molecule is CC1(C)NC(=O)N(CCCN2C[C@@H]3CCC[C@@]3(C(=O)O)C2)C1=O. The van der Waals surface area contributed by atoms with E-state index in [0.29, 0.717) is 19.5 Å². The maximum atomic E-state index is 12.1. The smallest absolute Gasteiger partial charge is 0.325 e. The Labute approximate surface area is 136 Å². The number of aliphatic carboxylic acids is 1. The largest absolute Gasteiger partial charge is 0.481 e. The van der Waals surface area contributed by atoms with Gasteiger partial charge in [0.05, 0.1) is 5.41 Å². The second-order valence-corrected chi connectivity index (χ2v) is 7.65. The Balaban J connectivity index is 1.52. The molecule has 0 radical (unpaired) electrons. The summed E-state index contributed by atoms with van der Waals surface area (Å²) in [6, 6.07) is -0.333. The van der Waals surface area contributed by atoms with Crippen LogP contribution in [0, 0.1) is 11.3 Å². The number of urea groups is 1. The quantitative estimate of drug-likeness (QED) is 0.734. The van der Waals surface area contributed by atoms with Gasteiger partial charge in [-0.25, -0.2) is 4.79 Å². The fourth-order valence-electron chi connectivity index (χ4n) is 4.39. The van der Waals surface area contributed by atoms with Crippen LogP contribution in [0.15, 0.2) is 0 Å². The van der Waals surface area contributed by atoms with Crippen LogP contribution in [-0.4, -0.2) is 64.5 Å². The average Bonchev–Trinajstić information content (AvgIpc) is 3.04. The summed E-state index contributed by atoms with van der Waals surface area (Å²) >= 11 is 0. The molecule has 2 saturated heterocycles. The maximum Gasteiger partial charge on any atom is 0.325 e. The summed E-state index contributed by atoms with van der Waals surface area (Å²) < 4.78 is 0. The van der Waals surface area contributed by atoms with E-state index >= 15 is 0 Å². The Kier molecular flexibility index (Phi) is 3.86. The first-order chi connectivity index (χ1) is 10.8. The predicted molar refractivity (Wildman–Crippen MR) is 82.8 cm³/mol. The first kappa shape index (κ1) is 16.2. The van der Waals surface area contributed by atoms with Crippen LogP contribution in [0.5, 0.6) is 0 Å². The zero-order valence-corrected chi connectivity index (χ0v) is 13.8. The van der Waals surface area contributed by atoms with Crippen LogP contribution in [0.4, 0.5) is 4.79 Å². The van der Waals surface area contributed by atoms with Crippen LogP contribution >= 0.6 is 0 Å². The van der Waals surface area contributed by atoms with E-state index in [2.05, 4.69) is 10.2 Å². The highest BCUT2D eigenvalue weighted by Gasteiger charge is 2.54. The van der Waals surface area contributed by atoms with Crippen molar-refractivity contribution < 1.29 is 19.5 Å². The summed E-state index contributed by atoms with van der Waals surface area (Å²) in [6.45, 7) is 5.92. The minimum absolute atomic E-state index is 0.192. The molecule has 0 aromatic carbocycles. The lowest BCUT2D eigenvalue weighted by molar-refractivity contribution is -0.149. The number of nitrogens with one attached hydrogen (secondary N) is 1. The fourth-order valence-corrected chi connectivity index (χ4v) is 4.39. The molecule has 7 heteroatoms. The van der Waals surface area contributed by atoms with E-state index < -0.39 is 16.9 Å². The van der Waals surface area contributed by atoms with Crippen LogP contribution in [0.1, 0.15) is 39.5 Å². The summed E-state index contributed by atoms with van der Waals surface area (Å²) in [6.07, 6.45) is 3.44. The average molecular weight is 323 g/mol. The Morgan fingerprint density at radius 2 is 2.09 bits per heavy atom. The number of imide groups is 1. The number of hydrogen-bond donors (Lipinski definition) is 2. The highest BCUT2D eigenvalue weighted by molar-refractivity contribution is 6.06. The van der Waals surface area contributed by atoms with E-state index in [1.807, 2.05) is 0 Å². The highest BCUT2D eigenvalue weighted by Crippen LogP contribution is 2.48. The van der Waals surface area contributed by atoms with Gasteiger partial charge in [0.2, 0.25) is 0 Å². The molecule has 128 valence electrons. The van der Waals surface area contributed by atoms with Crippen molar-refractivity contribution in [2.75, 3.05) is 26.2 Å². The van der Waals surface area contributed by atoms with E-state index in [1.165, 1.54) is 4.90 Å². The van der Waals surface area contributed by atoms with Crippen LogP contribution in [0.25, 0.3) is 0 Å². The monoisotopic (exact) mass is 323 g/mol. The van der Waals surface area contributed by atoms with Gasteiger partial charge in [-0.05, 0) is 45.6 Å². The number of carbonyl (C=O) groups is 3. The Morgan fingerprint density at radius 3 is 2.65 bits per heavy atom. The third-order valence-electron chi connectivity index (χ3n) is 5.67. The number of carboxylic acids is 1. The lowest BCUT2D eigenvalue weighted by Gasteiger charge is -2.23. The van der Waals surface area contributed by atoms with Crippen molar-refractivity contribution in [2.24, 2.45) is 11.3 Å². The summed E-state index contributed by atoms with van der Waals surface area (Å²) in [4.78, 5) is 39.1. The Bertz CT molecular complexity index is 547. The Hall–Kier alpha value is -1.63. The normalized spacial score (nSPS) is 33.1. The molecular weight excluding hydrogens is 298 g/mol. The van der Waals surface area contributed by atoms with Crippen LogP contribution in [0.2, 0.25) is 0 Å². The van der Waals surface area contributed by atoms with Crippen LogP contribution in [-0.2, 0) is 9.59 Å². The molecule has 0 unspecified atom stereocenters. The third-order valence-corrected chi connectivity index (χ3v) is 5.67. The van der Waals surface area contributed by atoms with Gasteiger partial charge in [0, 0.05) is 19.6 Å². The second-order valence-electron chi connectivity index (χ2n) is 7.65. The number of fused-ring (bicyclic) bond motifs is 1. The maximum absolute atomic E-state index is 12.1. The van der Waals surface area contributed by atoms with Gasteiger partial charge >= 0.3 is 12.0 Å². The molecule has 0 aromatic rings. The van der Waals surface area contributed by atoms with Gasteiger partial charge in [-0.1, -0.05) is 6.42 Å². The zero-order valence-electron chi connectivity index (χ0n) is 13.8. The Morgan fingerprint density at radius 1 is 1.35 bits per heavy atom. The van der Waals surface area contributed by atoms with E-state index in [4.69, 9.17) is 0 Å². The number of rotatable bonds is 5. The molecule has 2 heterocycles. The summed E-state index contributed by atoms with van der Waals surface area (Å²) in [5.41, 5.74) is -1.39. The van der Waals surface area contributed by atoms with E-state index in [9.17, 15) is 19.5 Å². The van der Waals surface area contributed by atoms with Gasteiger partial charge in [-0.3, -0.25) is 14.5 Å². The number of likely N-dealkylation sites (tertiary alicyclic amines) is 1. The molecule has 23 heavy (non-hydrogen) atoms. The molecule has 7 nitrogen and oxygen atoms in total. The minimum atomic E-state index is -0.824. The zero-order chi connectivity index (χ0) is 16.8. The second kappa shape index (κ2) is 5.47. The van der Waals surface area contributed by atoms with Crippen molar-refractivity contribution in [1.29, 1.82) is 0 Å². The van der Waals surface area contributed by atoms with Gasteiger partial charge in [-0.2, -0.15) is 0 Å². The minimum Gasteiger partial charge on any atom is -0.481 e. The van der Waals surface area contributed by atoms with Gasteiger partial charge in [0.15, 0.2) is 0 Å². The molecule has 2 atom stereocenters. The molecule has 3 rings (SSSR count). The van der Waals surface area contributed by atoms with Crippen molar-refractivity contribution in [2.45, 2.75) is 45.1 Å². The topological polar surface area (TPSA) is 90.0 Å². The lowest BCUT2D eigenvalue weighted by atomic mass is 9.81. The number of hydrogen-bond acceptors (Lipinski definition) is 4. The highest BCUT2D eigenvalue weighted by atomic mass is 16.4. The number of nitrogens with zero attached hydrogens (tertiary/aromatic N) is 2.